The van der Waals surface area contributed by atoms with E-state index in [1.165, 1.54) is 0 Å². The molecule has 0 amide bonds. The first kappa shape index (κ1) is 24.1. The molecule has 0 bridgehead atoms. The molecule has 0 saturated heterocycles. The molecule has 0 saturated carbocycles. The maximum atomic E-state index is 11.0. The van der Waals surface area contributed by atoms with Crippen LogP contribution in [0.2, 0.25) is 0 Å². The topological polar surface area (TPSA) is 94.7 Å². The summed E-state index contributed by atoms with van der Waals surface area (Å²) >= 11 is 0. The zero-order chi connectivity index (χ0) is 22.3. The van der Waals surface area contributed by atoms with Gasteiger partial charge in [-0.15, -0.1) is 0 Å². The third kappa shape index (κ3) is 6.48. The second-order valence-corrected chi connectivity index (χ2v) is 7.15. The van der Waals surface area contributed by atoms with Crippen LogP contribution in [0, 0.1) is 6.92 Å². The second-order valence-electron chi connectivity index (χ2n) is 7.15. The number of carboxylic acid groups (broad SMARTS) is 1. The van der Waals surface area contributed by atoms with E-state index in [0.717, 1.165) is 22.6 Å². The normalized spacial score (nSPS) is 10.3. The Balaban J connectivity index is 0.00000306. The zero-order valence-electron chi connectivity index (χ0n) is 17.5. The summed E-state index contributed by atoms with van der Waals surface area (Å²) in [6, 6.07) is 20.6. The molecule has 0 aliphatic carbocycles. The van der Waals surface area contributed by atoms with Gasteiger partial charge in [0.1, 0.15) is 30.4 Å². The number of hydrogen-bond donors (Lipinski definition) is 1. The summed E-state index contributed by atoms with van der Waals surface area (Å²) < 4.78 is 17.3. The molecule has 0 aliphatic heterocycles. The first-order chi connectivity index (χ1) is 15.6. The summed E-state index contributed by atoms with van der Waals surface area (Å²) in [6.07, 6.45) is 1.44. The van der Waals surface area contributed by atoms with Crippen LogP contribution < -0.4 is 9.47 Å². The molecular formula is C25H23LiN2O5. The van der Waals surface area contributed by atoms with E-state index < -0.39 is 5.97 Å². The first-order valence-electron chi connectivity index (χ1n) is 10.1. The van der Waals surface area contributed by atoms with Crippen LogP contribution in [0.15, 0.2) is 77.3 Å². The van der Waals surface area contributed by atoms with Crippen LogP contribution in [-0.4, -0.2) is 39.9 Å². The third-order valence-electron chi connectivity index (χ3n) is 4.78. The number of aliphatic carboxylic acids is 1. The molecule has 1 N–H and O–H groups in total. The predicted octanol–water partition coefficient (Wildman–Crippen LogP) is 4.18. The van der Waals surface area contributed by atoms with Crippen molar-refractivity contribution in [2.24, 2.45) is 0 Å². The first-order valence-corrected chi connectivity index (χ1v) is 10.1. The average Bonchev–Trinajstić information content (AvgIpc) is 3.18. The number of pyridine rings is 1. The molecule has 2 heterocycles. The van der Waals surface area contributed by atoms with E-state index in [-0.39, 0.29) is 31.9 Å². The van der Waals surface area contributed by atoms with Crippen molar-refractivity contribution in [2.45, 2.75) is 26.6 Å². The molecule has 2 aromatic heterocycles. The molecule has 4 rings (SSSR count). The summed E-state index contributed by atoms with van der Waals surface area (Å²) in [4.78, 5) is 19.7. The van der Waals surface area contributed by atoms with Gasteiger partial charge in [0.05, 0.1) is 6.42 Å². The molecule has 4 aromatic rings. The minimum atomic E-state index is -0.928. The van der Waals surface area contributed by atoms with Crippen LogP contribution >= 0.6 is 0 Å². The van der Waals surface area contributed by atoms with Gasteiger partial charge in [0.2, 0.25) is 11.8 Å². The number of aromatic nitrogens is 2. The summed E-state index contributed by atoms with van der Waals surface area (Å²) in [5.74, 6) is 1.39. The molecule has 0 atom stereocenters. The van der Waals surface area contributed by atoms with Crippen molar-refractivity contribution in [1.29, 1.82) is 0 Å². The van der Waals surface area contributed by atoms with Crippen molar-refractivity contribution < 1.29 is 23.8 Å². The fraction of sp³-hybridized carbons (Fsp3) is 0.160. The molecule has 0 fully saturated rings. The molecule has 2 aromatic carbocycles. The summed E-state index contributed by atoms with van der Waals surface area (Å²) in [5.41, 5.74) is 3.12. The zero-order valence-corrected chi connectivity index (χ0v) is 17.5. The van der Waals surface area contributed by atoms with Crippen molar-refractivity contribution in [3.8, 4) is 23.1 Å². The van der Waals surface area contributed by atoms with Gasteiger partial charge in [-0.05, 0) is 42.8 Å². The number of ether oxygens (including phenoxy) is 2. The number of oxazole rings is 1. The Kier molecular flexibility index (Phi) is 8.31. The van der Waals surface area contributed by atoms with Gasteiger partial charge in [-0.2, -0.15) is 0 Å². The molecule has 164 valence electrons. The van der Waals surface area contributed by atoms with Gasteiger partial charge < -0.3 is 19.0 Å². The Morgan fingerprint density at radius 3 is 2.45 bits per heavy atom. The van der Waals surface area contributed by atoms with Crippen molar-refractivity contribution >= 4 is 24.8 Å². The quantitative estimate of drug-likeness (QED) is 0.392. The molecule has 0 radical (unpaired) electrons. The van der Waals surface area contributed by atoms with Crippen LogP contribution in [-0.2, 0) is 24.4 Å². The average molecular weight is 438 g/mol. The van der Waals surface area contributed by atoms with Crippen molar-refractivity contribution in [3.05, 3.63) is 95.5 Å². The molecule has 33 heavy (non-hydrogen) atoms. The summed E-state index contributed by atoms with van der Waals surface area (Å²) in [7, 11) is 0. The Bertz CT molecular complexity index is 1190. The molecule has 0 aliphatic rings. The van der Waals surface area contributed by atoms with Gasteiger partial charge >= 0.3 is 24.8 Å². The van der Waals surface area contributed by atoms with Crippen molar-refractivity contribution in [3.63, 3.8) is 0 Å². The van der Waals surface area contributed by atoms with E-state index in [4.69, 9.17) is 19.0 Å². The Morgan fingerprint density at radius 1 is 0.970 bits per heavy atom. The van der Waals surface area contributed by atoms with Gasteiger partial charge in [0.15, 0.2) is 0 Å². The molecule has 0 spiro atoms. The van der Waals surface area contributed by atoms with Crippen LogP contribution in [0.25, 0.3) is 11.5 Å². The van der Waals surface area contributed by atoms with Gasteiger partial charge in [-0.25, -0.2) is 9.97 Å². The molecule has 7 nitrogen and oxygen atoms in total. The van der Waals surface area contributed by atoms with E-state index in [0.29, 0.717) is 29.7 Å². The van der Waals surface area contributed by atoms with Gasteiger partial charge in [-0.3, -0.25) is 4.79 Å². The van der Waals surface area contributed by atoms with Gasteiger partial charge in [0.25, 0.3) is 0 Å². The molecular weight excluding hydrogens is 415 g/mol. The number of nitrogens with zero attached hydrogens (tertiary/aromatic N) is 2. The number of aryl methyl sites for hydroxylation is 1. The fourth-order valence-electron chi connectivity index (χ4n) is 3.10. The SMILES string of the molecule is Cc1oc(-c2ccccc2)nc1COc1ccc(COc2ncccc2CC(=O)O)cc1.[LiH]. The van der Waals surface area contributed by atoms with Crippen LogP contribution in [0.4, 0.5) is 0 Å². The van der Waals surface area contributed by atoms with E-state index in [1.807, 2.05) is 61.5 Å². The Hall–Kier alpha value is -3.53. The summed E-state index contributed by atoms with van der Waals surface area (Å²) in [6.45, 7) is 2.44. The Labute approximate surface area is 203 Å². The van der Waals surface area contributed by atoms with Crippen molar-refractivity contribution in [1.82, 2.24) is 9.97 Å². The maximum absolute atomic E-state index is 11.0. The van der Waals surface area contributed by atoms with E-state index in [9.17, 15) is 4.79 Å². The van der Waals surface area contributed by atoms with Crippen molar-refractivity contribution in [2.75, 3.05) is 0 Å². The minimum absolute atomic E-state index is 0. The number of benzene rings is 2. The summed E-state index contributed by atoms with van der Waals surface area (Å²) in [5, 5.41) is 9.01. The molecule has 8 heteroatoms. The van der Waals surface area contributed by atoms with Crippen LogP contribution in [0.3, 0.4) is 0 Å². The fourth-order valence-corrected chi connectivity index (χ4v) is 3.10. The number of carboxylic acids is 1. The van der Waals surface area contributed by atoms with E-state index in [2.05, 4.69) is 9.97 Å². The number of carbonyl (C=O) groups is 1. The standard InChI is InChI=1S/C25H22N2O5.Li.H/c1-17-22(27-25(32-17)19-6-3-2-4-7-19)16-30-21-11-9-18(10-12-21)15-31-24-20(14-23(28)29)8-5-13-26-24;;/h2-13H,14-16H2,1H3,(H,28,29);;. The van der Waals surface area contributed by atoms with Gasteiger partial charge in [0, 0.05) is 17.3 Å². The third-order valence-corrected chi connectivity index (χ3v) is 4.78. The van der Waals surface area contributed by atoms with Gasteiger partial charge in [-0.1, -0.05) is 36.4 Å². The monoisotopic (exact) mass is 438 g/mol. The van der Waals surface area contributed by atoms with E-state index in [1.54, 1.807) is 18.3 Å². The Morgan fingerprint density at radius 2 is 1.73 bits per heavy atom. The number of rotatable bonds is 9. The number of hydrogen-bond acceptors (Lipinski definition) is 6. The van der Waals surface area contributed by atoms with Crippen LogP contribution in [0.1, 0.15) is 22.6 Å². The molecule has 0 unspecified atom stereocenters. The second kappa shape index (κ2) is 11.4. The predicted molar refractivity (Wildman–Crippen MR) is 125 cm³/mol. The van der Waals surface area contributed by atoms with Crippen LogP contribution in [0.5, 0.6) is 11.6 Å². The van der Waals surface area contributed by atoms with E-state index >= 15 is 0 Å².